The van der Waals surface area contributed by atoms with Crippen molar-refractivity contribution in [3.05, 3.63) is 22.7 Å². The Labute approximate surface area is 94.3 Å². The van der Waals surface area contributed by atoms with Crippen LogP contribution in [0.5, 0.6) is 5.75 Å². The van der Waals surface area contributed by atoms with E-state index >= 15 is 0 Å². The van der Waals surface area contributed by atoms with Crippen LogP contribution in [0.2, 0.25) is 0 Å². The highest BCUT2D eigenvalue weighted by atomic mass is 79.9. The molecule has 0 saturated heterocycles. The van der Waals surface area contributed by atoms with Crippen molar-refractivity contribution in [1.82, 2.24) is 10.3 Å². The summed E-state index contributed by atoms with van der Waals surface area (Å²) in [4.78, 5) is 0. The number of ether oxygens (including phenoxy) is 1. The van der Waals surface area contributed by atoms with E-state index < -0.39 is 0 Å². The van der Waals surface area contributed by atoms with E-state index in [1.54, 1.807) is 7.11 Å². The van der Waals surface area contributed by atoms with Gasteiger partial charge < -0.3 is 10.5 Å². The molecule has 0 aliphatic rings. The highest BCUT2D eigenvalue weighted by Crippen LogP contribution is 2.33. The zero-order valence-electron chi connectivity index (χ0n) is 7.90. The molecule has 0 aliphatic carbocycles. The Bertz CT molecular complexity index is 484. The second kappa shape index (κ2) is 3.90. The molecule has 0 atom stereocenters. The third-order valence-corrected chi connectivity index (χ3v) is 2.42. The summed E-state index contributed by atoms with van der Waals surface area (Å²) in [5.74, 6) is 0.909. The Kier molecular flexibility index (Phi) is 2.59. The Morgan fingerprint density at radius 3 is 2.80 bits per heavy atom. The first kappa shape index (κ1) is 9.97. The number of nitrogen functional groups attached to an aromatic ring is 1. The van der Waals surface area contributed by atoms with Crippen molar-refractivity contribution < 1.29 is 9.37 Å². The molecule has 5 nitrogen and oxygen atoms in total. The molecular formula is C9H8BrN3O2. The fraction of sp³-hybridized carbons (Fsp3) is 0.111. The predicted octanol–water partition coefficient (Wildman–Crippen LogP) is 2.09. The van der Waals surface area contributed by atoms with Gasteiger partial charge in [0.1, 0.15) is 5.75 Å². The lowest BCUT2D eigenvalue weighted by atomic mass is 10.1. The molecule has 0 spiro atoms. The van der Waals surface area contributed by atoms with Crippen molar-refractivity contribution in [2.75, 3.05) is 12.8 Å². The van der Waals surface area contributed by atoms with Crippen LogP contribution in [0.1, 0.15) is 0 Å². The van der Waals surface area contributed by atoms with Crippen LogP contribution in [0.15, 0.2) is 27.3 Å². The van der Waals surface area contributed by atoms with Crippen molar-refractivity contribution >= 4 is 21.7 Å². The van der Waals surface area contributed by atoms with Crippen LogP contribution in [-0.4, -0.2) is 17.4 Å². The molecule has 0 bridgehead atoms. The molecule has 1 aromatic carbocycles. The molecule has 2 aromatic rings. The van der Waals surface area contributed by atoms with E-state index in [1.807, 2.05) is 18.2 Å². The first-order chi connectivity index (χ1) is 7.22. The fourth-order valence-electron chi connectivity index (χ4n) is 1.25. The van der Waals surface area contributed by atoms with Crippen LogP contribution in [0.4, 0.5) is 5.82 Å². The Morgan fingerprint density at radius 2 is 2.20 bits per heavy atom. The first-order valence-electron chi connectivity index (χ1n) is 4.14. The van der Waals surface area contributed by atoms with E-state index in [2.05, 4.69) is 30.9 Å². The molecule has 2 rings (SSSR count). The number of benzene rings is 1. The van der Waals surface area contributed by atoms with Gasteiger partial charge in [0.25, 0.3) is 0 Å². The first-order valence-corrected chi connectivity index (χ1v) is 4.93. The van der Waals surface area contributed by atoms with Crippen molar-refractivity contribution in [2.24, 2.45) is 0 Å². The lowest BCUT2D eigenvalue weighted by molar-refractivity contribution is 0.310. The molecule has 2 N–H and O–H groups in total. The SMILES string of the molecule is COc1ccc(Br)cc1-c1nonc1N. The largest absolute Gasteiger partial charge is 0.496 e. The number of hydrogen-bond donors (Lipinski definition) is 1. The number of aromatic nitrogens is 2. The summed E-state index contributed by atoms with van der Waals surface area (Å²) < 4.78 is 10.6. The second-order valence-corrected chi connectivity index (χ2v) is 3.76. The van der Waals surface area contributed by atoms with Crippen molar-refractivity contribution in [1.29, 1.82) is 0 Å². The molecular weight excluding hydrogens is 262 g/mol. The quantitative estimate of drug-likeness (QED) is 0.904. The number of hydrogen-bond acceptors (Lipinski definition) is 5. The van der Waals surface area contributed by atoms with E-state index in [1.165, 1.54) is 0 Å². The zero-order chi connectivity index (χ0) is 10.8. The van der Waals surface area contributed by atoms with Crippen LogP contribution in [0.3, 0.4) is 0 Å². The third kappa shape index (κ3) is 1.80. The molecule has 0 saturated carbocycles. The standard InChI is InChI=1S/C9H8BrN3O2/c1-14-7-3-2-5(10)4-6(7)8-9(11)13-15-12-8/h2-4H,1H3,(H2,11,13). The maximum Gasteiger partial charge on any atom is 0.196 e. The van der Waals surface area contributed by atoms with E-state index in [0.717, 1.165) is 10.0 Å². The summed E-state index contributed by atoms with van der Waals surface area (Å²) in [6.07, 6.45) is 0. The minimum absolute atomic E-state index is 0.242. The molecule has 78 valence electrons. The van der Waals surface area contributed by atoms with E-state index in [0.29, 0.717) is 11.4 Å². The van der Waals surface area contributed by atoms with Gasteiger partial charge in [-0.15, -0.1) is 0 Å². The molecule has 1 aromatic heterocycles. The minimum atomic E-state index is 0.242. The van der Waals surface area contributed by atoms with Gasteiger partial charge in [-0.2, -0.15) is 0 Å². The van der Waals surface area contributed by atoms with Gasteiger partial charge >= 0.3 is 0 Å². The summed E-state index contributed by atoms with van der Waals surface area (Å²) in [5, 5.41) is 7.24. The highest BCUT2D eigenvalue weighted by Gasteiger charge is 2.14. The molecule has 0 aliphatic heterocycles. The monoisotopic (exact) mass is 269 g/mol. The molecule has 1 heterocycles. The van der Waals surface area contributed by atoms with Gasteiger partial charge in [0.05, 0.1) is 12.7 Å². The van der Waals surface area contributed by atoms with Gasteiger partial charge in [-0.25, -0.2) is 4.63 Å². The predicted molar refractivity (Wildman–Crippen MR) is 58.4 cm³/mol. The summed E-state index contributed by atoms with van der Waals surface area (Å²) in [7, 11) is 1.58. The topological polar surface area (TPSA) is 74.2 Å². The smallest absolute Gasteiger partial charge is 0.196 e. The van der Waals surface area contributed by atoms with Gasteiger partial charge in [-0.05, 0) is 28.5 Å². The van der Waals surface area contributed by atoms with Crippen LogP contribution in [0.25, 0.3) is 11.3 Å². The molecule has 0 radical (unpaired) electrons. The van der Waals surface area contributed by atoms with Crippen LogP contribution >= 0.6 is 15.9 Å². The zero-order valence-corrected chi connectivity index (χ0v) is 9.48. The molecule has 0 fully saturated rings. The molecule has 6 heteroatoms. The normalized spacial score (nSPS) is 10.3. The van der Waals surface area contributed by atoms with Crippen LogP contribution in [-0.2, 0) is 0 Å². The van der Waals surface area contributed by atoms with E-state index in [-0.39, 0.29) is 5.82 Å². The number of methoxy groups -OCH3 is 1. The maximum atomic E-state index is 5.61. The molecule has 15 heavy (non-hydrogen) atoms. The van der Waals surface area contributed by atoms with Crippen molar-refractivity contribution in [2.45, 2.75) is 0 Å². The average molecular weight is 270 g/mol. The highest BCUT2D eigenvalue weighted by molar-refractivity contribution is 9.10. The van der Waals surface area contributed by atoms with E-state index in [4.69, 9.17) is 10.5 Å². The number of halogens is 1. The van der Waals surface area contributed by atoms with Crippen molar-refractivity contribution in [3.8, 4) is 17.0 Å². The lowest BCUT2D eigenvalue weighted by Crippen LogP contribution is -1.92. The Hall–Kier alpha value is -1.56. The molecule has 0 amide bonds. The number of nitrogens with zero attached hydrogens (tertiary/aromatic N) is 2. The van der Waals surface area contributed by atoms with Gasteiger partial charge in [0.15, 0.2) is 11.5 Å². The van der Waals surface area contributed by atoms with E-state index in [9.17, 15) is 0 Å². The number of nitrogens with two attached hydrogens (primary N) is 1. The van der Waals surface area contributed by atoms with Gasteiger partial charge in [-0.3, -0.25) is 0 Å². The van der Waals surface area contributed by atoms with Crippen LogP contribution in [0, 0.1) is 0 Å². The number of anilines is 1. The van der Waals surface area contributed by atoms with Crippen molar-refractivity contribution in [3.63, 3.8) is 0 Å². The maximum absolute atomic E-state index is 5.61. The summed E-state index contributed by atoms with van der Waals surface area (Å²) >= 11 is 3.36. The van der Waals surface area contributed by atoms with Gasteiger partial charge in [0.2, 0.25) is 0 Å². The average Bonchev–Trinajstić information content (AvgIpc) is 2.64. The third-order valence-electron chi connectivity index (χ3n) is 1.93. The molecule has 0 unspecified atom stereocenters. The summed E-state index contributed by atoms with van der Waals surface area (Å²) in [6.45, 7) is 0. The summed E-state index contributed by atoms with van der Waals surface area (Å²) in [5.41, 5.74) is 6.83. The summed E-state index contributed by atoms with van der Waals surface area (Å²) in [6, 6.07) is 5.52. The van der Waals surface area contributed by atoms with Crippen LogP contribution < -0.4 is 10.5 Å². The number of rotatable bonds is 2. The second-order valence-electron chi connectivity index (χ2n) is 2.84. The Morgan fingerprint density at radius 1 is 1.40 bits per heavy atom. The minimum Gasteiger partial charge on any atom is -0.496 e. The van der Waals surface area contributed by atoms with Gasteiger partial charge in [0, 0.05) is 4.47 Å². The van der Waals surface area contributed by atoms with Gasteiger partial charge in [-0.1, -0.05) is 15.9 Å². The lowest BCUT2D eigenvalue weighted by Gasteiger charge is -2.05. The fourth-order valence-corrected chi connectivity index (χ4v) is 1.61. The Balaban J connectivity index is 2.60.